The maximum Gasteiger partial charge on any atom is 0.418 e. The van der Waals surface area contributed by atoms with Gasteiger partial charge in [0.15, 0.2) is 0 Å². The fourth-order valence-corrected chi connectivity index (χ4v) is 1.64. The average Bonchev–Trinajstić information content (AvgIpc) is 2.38. The molecule has 1 N–H and O–H groups in total. The highest BCUT2D eigenvalue weighted by atomic mass is 19.4. The van der Waals surface area contributed by atoms with Crippen LogP contribution in [0.25, 0.3) is 0 Å². The number of rotatable bonds is 3. The van der Waals surface area contributed by atoms with Crippen molar-refractivity contribution >= 4 is 17.3 Å². The normalized spacial score (nSPS) is 11.2. The molecule has 7 heteroatoms. The summed E-state index contributed by atoms with van der Waals surface area (Å²) >= 11 is 0. The lowest BCUT2D eigenvalue weighted by Gasteiger charge is -2.15. The van der Waals surface area contributed by atoms with Gasteiger partial charge in [-0.05, 0) is 12.1 Å². The van der Waals surface area contributed by atoms with Crippen LogP contribution in [0.3, 0.4) is 0 Å². The summed E-state index contributed by atoms with van der Waals surface area (Å²) in [6, 6.07) is 6.84. The van der Waals surface area contributed by atoms with Gasteiger partial charge in [-0.3, -0.25) is 0 Å². The Kier molecular flexibility index (Phi) is 3.78. The third-order valence-electron chi connectivity index (χ3n) is 2.61. The minimum atomic E-state index is -4.42. The number of nitrogens with zero attached hydrogens (tertiary/aromatic N) is 3. The summed E-state index contributed by atoms with van der Waals surface area (Å²) in [5.41, 5.74) is -0.770. The summed E-state index contributed by atoms with van der Waals surface area (Å²) in [4.78, 5) is 9.67. The van der Waals surface area contributed by atoms with Crippen molar-refractivity contribution in [1.29, 1.82) is 0 Å². The van der Waals surface area contributed by atoms with Gasteiger partial charge in [0.2, 0.25) is 0 Å². The van der Waals surface area contributed by atoms with Crippen LogP contribution in [0, 0.1) is 0 Å². The van der Waals surface area contributed by atoms with Crippen LogP contribution in [0.4, 0.5) is 30.5 Å². The number of hydrogen-bond donors (Lipinski definition) is 1. The van der Waals surface area contributed by atoms with E-state index in [4.69, 9.17) is 0 Å². The zero-order valence-corrected chi connectivity index (χ0v) is 10.9. The van der Waals surface area contributed by atoms with Crippen molar-refractivity contribution in [3.8, 4) is 0 Å². The van der Waals surface area contributed by atoms with Crippen molar-refractivity contribution in [2.24, 2.45) is 0 Å². The Morgan fingerprint density at radius 1 is 1.10 bits per heavy atom. The number of anilines is 3. The van der Waals surface area contributed by atoms with E-state index in [-0.39, 0.29) is 5.69 Å². The van der Waals surface area contributed by atoms with Gasteiger partial charge in [0, 0.05) is 20.2 Å². The second-order valence-corrected chi connectivity index (χ2v) is 4.32. The molecule has 0 fully saturated rings. The molecule has 0 spiro atoms. The molecule has 1 heterocycles. The number of aromatic nitrogens is 2. The number of halogens is 3. The van der Waals surface area contributed by atoms with Crippen molar-refractivity contribution in [2.45, 2.75) is 6.18 Å². The molecule has 0 bridgehead atoms. The minimum Gasteiger partial charge on any atom is -0.363 e. The fraction of sp³-hybridized carbons (Fsp3) is 0.231. The van der Waals surface area contributed by atoms with E-state index < -0.39 is 11.7 Å². The van der Waals surface area contributed by atoms with Gasteiger partial charge < -0.3 is 10.2 Å². The van der Waals surface area contributed by atoms with Crippen LogP contribution in [0.5, 0.6) is 0 Å². The molecular formula is C13H13F3N4. The first-order valence-corrected chi connectivity index (χ1v) is 5.80. The Hall–Kier alpha value is -2.31. The molecule has 0 unspecified atom stereocenters. The van der Waals surface area contributed by atoms with E-state index in [1.54, 1.807) is 25.1 Å². The first-order valence-electron chi connectivity index (χ1n) is 5.80. The molecule has 0 radical (unpaired) electrons. The molecule has 0 aliphatic carbocycles. The Labute approximate surface area is 114 Å². The number of benzene rings is 1. The van der Waals surface area contributed by atoms with E-state index in [0.29, 0.717) is 11.6 Å². The van der Waals surface area contributed by atoms with Crippen molar-refractivity contribution < 1.29 is 13.2 Å². The minimum absolute atomic E-state index is 0.0385. The van der Waals surface area contributed by atoms with Gasteiger partial charge in [0.05, 0.1) is 11.3 Å². The van der Waals surface area contributed by atoms with Crippen LogP contribution in [0.2, 0.25) is 0 Å². The summed E-state index contributed by atoms with van der Waals surface area (Å²) in [6.45, 7) is 0. The third-order valence-corrected chi connectivity index (χ3v) is 2.61. The summed E-state index contributed by atoms with van der Waals surface area (Å²) in [6.07, 6.45) is -3.12. The standard InChI is InChI=1S/C13H13F3N4/c1-20(2)12-7-11(17-8-18-12)19-10-6-4-3-5-9(10)13(14,15)16/h3-8H,1-2H3,(H,17,18,19). The Bertz CT molecular complexity index is 596. The highest BCUT2D eigenvalue weighted by Gasteiger charge is 2.33. The smallest absolute Gasteiger partial charge is 0.363 e. The predicted octanol–water partition coefficient (Wildman–Crippen LogP) is 3.31. The Morgan fingerprint density at radius 2 is 1.80 bits per heavy atom. The molecule has 4 nitrogen and oxygen atoms in total. The maximum absolute atomic E-state index is 12.9. The van der Waals surface area contributed by atoms with Crippen LogP contribution < -0.4 is 10.2 Å². The van der Waals surface area contributed by atoms with E-state index >= 15 is 0 Å². The molecule has 0 saturated heterocycles. The molecule has 0 aliphatic heterocycles. The fourth-order valence-electron chi connectivity index (χ4n) is 1.64. The van der Waals surface area contributed by atoms with Crippen molar-refractivity contribution in [3.05, 3.63) is 42.2 Å². The molecule has 0 saturated carbocycles. The molecule has 20 heavy (non-hydrogen) atoms. The zero-order valence-electron chi connectivity index (χ0n) is 10.9. The molecule has 0 aliphatic rings. The van der Waals surface area contributed by atoms with E-state index in [9.17, 15) is 13.2 Å². The zero-order chi connectivity index (χ0) is 14.8. The molecule has 1 aromatic carbocycles. The predicted molar refractivity (Wildman–Crippen MR) is 71.1 cm³/mol. The monoisotopic (exact) mass is 282 g/mol. The van der Waals surface area contributed by atoms with E-state index in [0.717, 1.165) is 6.07 Å². The molecule has 0 amide bonds. The molecule has 0 atom stereocenters. The lowest BCUT2D eigenvalue weighted by molar-refractivity contribution is -0.136. The molecule has 2 aromatic rings. The van der Waals surface area contributed by atoms with E-state index in [1.165, 1.54) is 24.5 Å². The first kappa shape index (κ1) is 14.1. The topological polar surface area (TPSA) is 41.0 Å². The van der Waals surface area contributed by atoms with Crippen molar-refractivity contribution in [2.75, 3.05) is 24.3 Å². The lowest BCUT2D eigenvalue weighted by atomic mass is 10.1. The molecule has 2 rings (SSSR count). The highest BCUT2D eigenvalue weighted by Crippen LogP contribution is 2.35. The van der Waals surface area contributed by atoms with Crippen LogP contribution in [-0.4, -0.2) is 24.1 Å². The number of alkyl halides is 3. The van der Waals surface area contributed by atoms with Gasteiger partial charge in [0.1, 0.15) is 18.0 Å². The van der Waals surface area contributed by atoms with Gasteiger partial charge in [0.25, 0.3) is 0 Å². The maximum atomic E-state index is 12.9. The van der Waals surface area contributed by atoms with Gasteiger partial charge in [-0.15, -0.1) is 0 Å². The molecular weight excluding hydrogens is 269 g/mol. The quantitative estimate of drug-likeness (QED) is 0.937. The third kappa shape index (κ3) is 3.17. The van der Waals surface area contributed by atoms with E-state index in [2.05, 4.69) is 15.3 Å². The highest BCUT2D eigenvalue weighted by molar-refractivity contribution is 5.63. The molecule has 1 aromatic heterocycles. The molecule has 106 valence electrons. The largest absolute Gasteiger partial charge is 0.418 e. The summed E-state index contributed by atoms with van der Waals surface area (Å²) < 4.78 is 38.6. The van der Waals surface area contributed by atoms with Crippen LogP contribution in [0.15, 0.2) is 36.7 Å². The van der Waals surface area contributed by atoms with Gasteiger partial charge >= 0.3 is 6.18 Å². The summed E-state index contributed by atoms with van der Waals surface area (Å²) in [7, 11) is 3.57. The second-order valence-electron chi connectivity index (χ2n) is 4.32. The summed E-state index contributed by atoms with van der Waals surface area (Å²) in [5.74, 6) is 0.910. The number of para-hydroxylation sites is 1. The average molecular weight is 282 g/mol. The van der Waals surface area contributed by atoms with Crippen LogP contribution in [-0.2, 0) is 6.18 Å². The lowest BCUT2D eigenvalue weighted by Crippen LogP contribution is -2.12. The van der Waals surface area contributed by atoms with Crippen molar-refractivity contribution in [1.82, 2.24) is 9.97 Å². The SMILES string of the molecule is CN(C)c1cc(Nc2ccccc2C(F)(F)F)ncn1. The van der Waals surface area contributed by atoms with Crippen LogP contribution in [0.1, 0.15) is 5.56 Å². The van der Waals surface area contributed by atoms with Gasteiger partial charge in [-0.1, -0.05) is 12.1 Å². The first-order chi connectivity index (χ1) is 9.38. The summed E-state index contributed by atoms with van der Waals surface area (Å²) in [5, 5.41) is 2.68. The van der Waals surface area contributed by atoms with E-state index in [1.807, 2.05) is 0 Å². The van der Waals surface area contributed by atoms with Gasteiger partial charge in [-0.25, -0.2) is 9.97 Å². The number of hydrogen-bond acceptors (Lipinski definition) is 4. The van der Waals surface area contributed by atoms with Gasteiger partial charge in [-0.2, -0.15) is 13.2 Å². The van der Waals surface area contributed by atoms with Crippen LogP contribution >= 0.6 is 0 Å². The second kappa shape index (κ2) is 5.36. The van der Waals surface area contributed by atoms with Crippen molar-refractivity contribution in [3.63, 3.8) is 0 Å². The Morgan fingerprint density at radius 3 is 2.45 bits per heavy atom. The number of nitrogens with one attached hydrogen (secondary N) is 1. The Balaban J connectivity index is 2.33.